The molecular formula is C24H26N2O3. The zero-order valence-electron chi connectivity index (χ0n) is 16.9. The van der Waals surface area contributed by atoms with E-state index in [4.69, 9.17) is 9.47 Å². The number of carbonyl (C=O) groups is 1. The third-order valence-electron chi connectivity index (χ3n) is 5.42. The maximum atomic E-state index is 12.8. The van der Waals surface area contributed by atoms with E-state index >= 15 is 0 Å². The number of rotatable bonds is 6. The minimum absolute atomic E-state index is 0.0814. The number of nitrogens with one attached hydrogen (secondary N) is 1. The molecule has 29 heavy (non-hydrogen) atoms. The molecular weight excluding hydrogens is 364 g/mol. The van der Waals surface area contributed by atoms with E-state index in [9.17, 15) is 4.79 Å². The summed E-state index contributed by atoms with van der Waals surface area (Å²) in [5, 5.41) is 4.14. The summed E-state index contributed by atoms with van der Waals surface area (Å²) in [6.07, 6.45) is 1.02. The van der Waals surface area contributed by atoms with E-state index in [-0.39, 0.29) is 11.9 Å². The van der Waals surface area contributed by atoms with Crippen LogP contribution in [0.25, 0.3) is 10.9 Å². The van der Waals surface area contributed by atoms with Gasteiger partial charge in [-0.1, -0.05) is 36.4 Å². The second-order valence-corrected chi connectivity index (χ2v) is 7.62. The Hall–Kier alpha value is -2.92. The Bertz CT molecular complexity index is 1010. The zero-order chi connectivity index (χ0) is 20.2. The van der Waals surface area contributed by atoms with Crippen LogP contribution in [0.15, 0.2) is 54.6 Å². The lowest BCUT2D eigenvalue weighted by Gasteiger charge is -2.19. The first kappa shape index (κ1) is 19.4. The average molecular weight is 390 g/mol. The minimum atomic E-state index is -0.188. The smallest absolute Gasteiger partial charge is 0.252 e. The summed E-state index contributed by atoms with van der Waals surface area (Å²) < 4.78 is 11.4. The molecule has 2 atom stereocenters. The van der Waals surface area contributed by atoms with Crippen LogP contribution in [0.3, 0.4) is 0 Å². The van der Waals surface area contributed by atoms with Gasteiger partial charge in [0.25, 0.3) is 5.91 Å². The van der Waals surface area contributed by atoms with E-state index in [1.165, 1.54) is 0 Å². The Balaban J connectivity index is 1.58. The first-order valence-corrected chi connectivity index (χ1v) is 10.1. The van der Waals surface area contributed by atoms with Gasteiger partial charge in [0.1, 0.15) is 0 Å². The Labute approximate surface area is 171 Å². The molecule has 2 aromatic carbocycles. The molecule has 4 rings (SSSR count). The topological polar surface area (TPSA) is 60.5 Å². The van der Waals surface area contributed by atoms with Crippen molar-refractivity contribution in [1.82, 2.24) is 10.3 Å². The number of nitrogens with zero attached hydrogens (tertiary/aromatic N) is 1. The second-order valence-electron chi connectivity index (χ2n) is 7.62. The highest BCUT2D eigenvalue weighted by molar-refractivity contribution is 5.96. The number of hydrogen-bond donors (Lipinski definition) is 1. The van der Waals surface area contributed by atoms with Gasteiger partial charge in [0.2, 0.25) is 5.88 Å². The molecule has 3 aromatic rings. The summed E-state index contributed by atoms with van der Waals surface area (Å²) in [7, 11) is 0. The highest BCUT2D eigenvalue weighted by Gasteiger charge is 2.19. The fourth-order valence-corrected chi connectivity index (χ4v) is 3.71. The van der Waals surface area contributed by atoms with Crippen LogP contribution in [0.1, 0.15) is 40.9 Å². The van der Waals surface area contributed by atoms with Gasteiger partial charge in [-0.2, -0.15) is 0 Å². The monoisotopic (exact) mass is 390 g/mol. The molecule has 2 heterocycles. The third-order valence-corrected chi connectivity index (χ3v) is 5.42. The van der Waals surface area contributed by atoms with Gasteiger partial charge in [-0.05, 0) is 43.5 Å². The van der Waals surface area contributed by atoms with Crippen molar-refractivity contribution >= 4 is 16.8 Å². The van der Waals surface area contributed by atoms with Crippen LogP contribution in [0.4, 0.5) is 0 Å². The number of para-hydroxylation sites is 1. The van der Waals surface area contributed by atoms with Crippen molar-refractivity contribution in [2.24, 2.45) is 5.92 Å². The fourth-order valence-electron chi connectivity index (χ4n) is 3.71. The molecule has 5 heteroatoms. The van der Waals surface area contributed by atoms with Crippen LogP contribution in [0, 0.1) is 12.8 Å². The number of pyridine rings is 1. The van der Waals surface area contributed by atoms with Crippen molar-refractivity contribution in [1.29, 1.82) is 0 Å². The highest BCUT2D eigenvalue weighted by Crippen LogP contribution is 2.28. The van der Waals surface area contributed by atoms with Gasteiger partial charge >= 0.3 is 0 Å². The molecule has 0 saturated carbocycles. The van der Waals surface area contributed by atoms with Gasteiger partial charge in [-0.15, -0.1) is 0 Å². The van der Waals surface area contributed by atoms with Crippen LogP contribution in [-0.4, -0.2) is 30.7 Å². The SMILES string of the molecule is Cc1ccccc1C(=O)N[C@H](C)c1cc(OCC2CCOC2)nc2ccccc12. The first-order valence-electron chi connectivity index (χ1n) is 10.1. The number of hydrogen-bond acceptors (Lipinski definition) is 4. The molecule has 1 N–H and O–H groups in total. The molecule has 1 saturated heterocycles. The third kappa shape index (κ3) is 4.40. The molecule has 1 aliphatic heterocycles. The fraction of sp³-hybridized carbons (Fsp3) is 0.333. The standard InChI is InChI=1S/C24H26N2O3/c1-16-7-3-4-8-19(16)24(27)25-17(2)21-13-23(29-15-18-11-12-28-14-18)26-22-10-6-5-9-20(21)22/h3-10,13,17-18H,11-12,14-15H2,1-2H3,(H,25,27)/t17-,18?/m1/s1. The van der Waals surface area contributed by atoms with Gasteiger partial charge in [0.05, 0.1) is 24.8 Å². The number of benzene rings is 2. The Morgan fingerprint density at radius 1 is 1.24 bits per heavy atom. The molecule has 1 aliphatic rings. The largest absolute Gasteiger partial charge is 0.477 e. The van der Waals surface area contributed by atoms with Crippen LogP contribution >= 0.6 is 0 Å². The summed E-state index contributed by atoms with van der Waals surface area (Å²) in [6, 6.07) is 17.3. The van der Waals surface area contributed by atoms with Gasteiger partial charge in [0.15, 0.2) is 0 Å². The molecule has 1 fully saturated rings. The van der Waals surface area contributed by atoms with E-state index in [0.717, 1.165) is 41.7 Å². The van der Waals surface area contributed by atoms with Crippen molar-refractivity contribution in [3.8, 4) is 5.88 Å². The van der Waals surface area contributed by atoms with Gasteiger partial charge in [-0.25, -0.2) is 4.98 Å². The Kier molecular flexibility index (Phi) is 5.76. The average Bonchev–Trinajstić information content (AvgIpc) is 3.25. The molecule has 1 amide bonds. The lowest BCUT2D eigenvalue weighted by Crippen LogP contribution is -2.27. The molecule has 0 spiro atoms. The molecule has 150 valence electrons. The molecule has 5 nitrogen and oxygen atoms in total. The maximum Gasteiger partial charge on any atom is 0.252 e. The van der Waals surface area contributed by atoms with E-state index < -0.39 is 0 Å². The van der Waals surface area contributed by atoms with Gasteiger partial charge < -0.3 is 14.8 Å². The van der Waals surface area contributed by atoms with Gasteiger partial charge in [-0.3, -0.25) is 4.79 Å². The van der Waals surface area contributed by atoms with E-state index in [1.54, 1.807) is 0 Å². The molecule has 1 unspecified atom stereocenters. The first-order chi connectivity index (χ1) is 14.1. The summed E-state index contributed by atoms with van der Waals surface area (Å²) in [4.78, 5) is 17.5. The molecule has 0 aliphatic carbocycles. The Morgan fingerprint density at radius 2 is 2.03 bits per heavy atom. The lowest BCUT2D eigenvalue weighted by molar-refractivity contribution is 0.0939. The number of ether oxygens (including phenoxy) is 2. The summed E-state index contributed by atoms with van der Waals surface area (Å²) in [5.74, 6) is 0.912. The number of aryl methyl sites for hydroxylation is 1. The lowest BCUT2D eigenvalue weighted by atomic mass is 10.0. The molecule has 1 aromatic heterocycles. The van der Waals surface area contributed by atoms with Crippen molar-refractivity contribution in [3.63, 3.8) is 0 Å². The minimum Gasteiger partial charge on any atom is -0.477 e. The van der Waals surface area contributed by atoms with E-state index in [1.807, 2.05) is 68.4 Å². The molecule has 0 radical (unpaired) electrons. The number of carbonyl (C=O) groups excluding carboxylic acids is 1. The van der Waals surface area contributed by atoms with Crippen molar-refractivity contribution < 1.29 is 14.3 Å². The van der Waals surface area contributed by atoms with Crippen molar-refractivity contribution in [2.45, 2.75) is 26.3 Å². The van der Waals surface area contributed by atoms with Crippen molar-refractivity contribution in [3.05, 3.63) is 71.3 Å². The summed E-state index contributed by atoms with van der Waals surface area (Å²) in [5.41, 5.74) is 3.50. The zero-order valence-corrected chi connectivity index (χ0v) is 16.9. The number of aromatic nitrogens is 1. The highest BCUT2D eigenvalue weighted by atomic mass is 16.5. The quantitative estimate of drug-likeness (QED) is 0.676. The van der Waals surface area contributed by atoms with Crippen LogP contribution in [0.5, 0.6) is 5.88 Å². The predicted molar refractivity (Wildman–Crippen MR) is 113 cm³/mol. The predicted octanol–water partition coefficient (Wildman–Crippen LogP) is 4.45. The summed E-state index contributed by atoms with van der Waals surface area (Å²) >= 11 is 0. The Morgan fingerprint density at radius 3 is 2.83 bits per heavy atom. The normalized spacial score (nSPS) is 17.2. The van der Waals surface area contributed by atoms with Crippen LogP contribution in [-0.2, 0) is 4.74 Å². The van der Waals surface area contributed by atoms with Crippen LogP contribution < -0.4 is 10.1 Å². The second kappa shape index (κ2) is 8.62. The molecule has 0 bridgehead atoms. The maximum absolute atomic E-state index is 12.8. The number of amides is 1. The number of fused-ring (bicyclic) bond motifs is 1. The van der Waals surface area contributed by atoms with E-state index in [0.29, 0.717) is 24.0 Å². The summed E-state index contributed by atoms with van der Waals surface area (Å²) in [6.45, 7) is 6.07. The van der Waals surface area contributed by atoms with Crippen molar-refractivity contribution in [2.75, 3.05) is 19.8 Å². The van der Waals surface area contributed by atoms with E-state index in [2.05, 4.69) is 10.3 Å². The van der Waals surface area contributed by atoms with Crippen LogP contribution in [0.2, 0.25) is 0 Å². The van der Waals surface area contributed by atoms with Gasteiger partial charge in [0, 0.05) is 29.5 Å².